The molecule has 0 saturated carbocycles. The summed E-state index contributed by atoms with van der Waals surface area (Å²) in [6.07, 6.45) is 3.85. The minimum atomic E-state index is -0.245. The van der Waals surface area contributed by atoms with Crippen molar-refractivity contribution in [1.82, 2.24) is 9.78 Å². The van der Waals surface area contributed by atoms with Crippen LogP contribution in [0.25, 0.3) is 11.1 Å². The summed E-state index contributed by atoms with van der Waals surface area (Å²) in [6.45, 7) is 0.602. The zero-order chi connectivity index (χ0) is 14.8. The van der Waals surface area contributed by atoms with Crippen LogP contribution in [0.5, 0.6) is 0 Å². The van der Waals surface area contributed by atoms with Gasteiger partial charge >= 0.3 is 0 Å². The zero-order valence-electron chi connectivity index (χ0n) is 10.9. The van der Waals surface area contributed by atoms with E-state index in [1.54, 1.807) is 6.07 Å². The summed E-state index contributed by atoms with van der Waals surface area (Å²) < 4.78 is 16.9. The summed E-state index contributed by atoms with van der Waals surface area (Å²) >= 11 is 5.68. The minimum Gasteiger partial charge on any atom is -0.268 e. The molecule has 0 saturated heterocycles. The summed E-state index contributed by atoms with van der Waals surface area (Å²) in [5.74, 6) is -0.245. The van der Waals surface area contributed by atoms with E-state index in [-0.39, 0.29) is 5.82 Å². The molecule has 0 unspecified atom stereocenters. The van der Waals surface area contributed by atoms with E-state index >= 15 is 0 Å². The lowest BCUT2D eigenvalue weighted by Gasteiger charge is -2.04. The molecule has 0 amide bonds. The van der Waals surface area contributed by atoms with E-state index in [9.17, 15) is 4.39 Å². The van der Waals surface area contributed by atoms with Crippen LogP contribution in [-0.4, -0.2) is 9.78 Å². The number of nitrogens with zero attached hydrogens (tertiary/aromatic N) is 2. The van der Waals surface area contributed by atoms with Crippen molar-refractivity contribution in [3.05, 3.63) is 74.3 Å². The van der Waals surface area contributed by atoms with Crippen LogP contribution < -0.4 is 0 Å². The third-order valence-corrected chi connectivity index (χ3v) is 4.55. The normalized spacial score (nSPS) is 10.8. The van der Waals surface area contributed by atoms with Crippen molar-refractivity contribution in [2.24, 2.45) is 0 Å². The number of halogens is 3. The summed E-state index contributed by atoms with van der Waals surface area (Å²) in [4.78, 5) is 0. The molecule has 0 atom stereocenters. The van der Waals surface area contributed by atoms with Crippen molar-refractivity contribution in [2.75, 3.05) is 0 Å². The number of hydrogen-bond acceptors (Lipinski definition) is 1. The van der Waals surface area contributed by atoms with Crippen LogP contribution in [0.4, 0.5) is 4.39 Å². The molecule has 1 aromatic heterocycles. The van der Waals surface area contributed by atoms with Crippen LogP contribution in [0.3, 0.4) is 0 Å². The first-order valence-electron chi connectivity index (χ1n) is 6.34. The Hall–Kier alpha value is -1.21. The van der Waals surface area contributed by atoms with Crippen molar-refractivity contribution in [3.63, 3.8) is 0 Å². The molecule has 0 spiro atoms. The predicted molar refractivity (Wildman–Crippen MR) is 93.6 cm³/mol. The second-order valence-electron chi connectivity index (χ2n) is 4.67. The number of benzene rings is 2. The van der Waals surface area contributed by atoms with Gasteiger partial charge in [0.2, 0.25) is 0 Å². The van der Waals surface area contributed by atoms with Gasteiger partial charge in [0.15, 0.2) is 0 Å². The Morgan fingerprint density at radius 2 is 2.00 bits per heavy atom. The largest absolute Gasteiger partial charge is 0.268 e. The lowest BCUT2D eigenvalue weighted by molar-refractivity contribution is 0.623. The Bertz CT molecular complexity index is 785. The van der Waals surface area contributed by atoms with Gasteiger partial charge in [-0.05, 0) is 58.0 Å². The number of hydrogen-bond donors (Lipinski definition) is 0. The third kappa shape index (κ3) is 3.52. The van der Waals surface area contributed by atoms with E-state index in [4.69, 9.17) is 0 Å². The molecule has 2 nitrogen and oxygen atoms in total. The molecule has 0 bridgehead atoms. The maximum Gasteiger partial charge on any atom is 0.124 e. The predicted octanol–water partition coefficient (Wildman–Crippen LogP) is 5.10. The van der Waals surface area contributed by atoms with Gasteiger partial charge in [-0.3, -0.25) is 4.68 Å². The van der Waals surface area contributed by atoms with Gasteiger partial charge in [-0.25, -0.2) is 4.39 Å². The monoisotopic (exact) mass is 456 g/mol. The summed E-state index contributed by atoms with van der Waals surface area (Å²) in [5.41, 5.74) is 3.21. The topological polar surface area (TPSA) is 17.8 Å². The molecular formula is C16H11BrFIN2. The Morgan fingerprint density at radius 3 is 2.76 bits per heavy atom. The van der Waals surface area contributed by atoms with Gasteiger partial charge in [0, 0.05) is 19.8 Å². The van der Waals surface area contributed by atoms with Crippen LogP contribution in [0.1, 0.15) is 5.56 Å². The molecular weight excluding hydrogens is 446 g/mol. The molecule has 0 N–H and O–H groups in total. The average molecular weight is 457 g/mol. The number of rotatable bonds is 3. The van der Waals surface area contributed by atoms with E-state index in [2.05, 4.69) is 61.8 Å². The fourth-order valence-electron chi connectivity index (χ4n) is 2.09. The first kappa shape index (κ1) is 14.7. The first-order valence-corrected chi connectivity index (χ1v) is 8.21. The fraction of sp³-hybridized carbons (Fsp3) is 0.0625. The van der Waals surface area contributed by atoms with Crippen LogP contribution in [0, 0.1) is 9.39 Å². The lowest BCUT2D eigenvalue weighted by atomic mass is 10.1. The Morgan fingerprint density at radius 1 is 1.14 bits per heavy atom. The molecule has 0 aliphatic heterocycles. The van der Waals surface area contributed by atoms with E-state index in [1.807, 2.05) is 23.1 Å². The quantitative estimate of drug-likeness (QED) is 0.501. The van der Waals surface area contributed by atoms with E-state index in [1.165, 1.54) is 15.7 Å². The second-order valence-corrected chi connectivity index (χ2v) is 6.77. The van der Waals surface area contributed by atoms with Crippen molar-refractivity contribution in [3.8, 4) is 11.1 Å². The van der Waals surface area contributed by atoms with Crippen molar-refractivity contribution in [1.29, 1.82) is 0 Å². The molecule has 2 aromatic carbocycles. The Balaban J connectivity index is 1.85. The van der Waals surface area contributed by atoms with Crippen LogP contribution in [-0.2, 0) is 6.54 Å². The number of aromatic nitrogens is 2. The maximum absolute atomic E-state index is 13.1. The first-order chi connectivity index (χ1) is 10.1. The van der Waals surface area contributed by atoms with Gasteiger partial charge in [-0.2, -0.15) is 5.10 Å². The van der Waals surface area contributed by atoms with Gasteiger partial charge < -0.3 is 0 Å². The molecule has 3 aromatic rings. The highest BCUT2D eigenvalue weighted by Gasteiger charge is 2.06. The van der Waals surface area contributed by atoms with E-state index in [0.717, 1.165) is 21.2 Å². The minimum absolute atomic E-state index is 0.245. The molecule has 0 radical (unpaired) electrons. The van der Waals surface area contributed by atoms with Crippen LogP contribution in [0.15, 0.2) is 59.3 Å². The van der Waals surface area contributed by atoms with Gasteiger partial charge in [0.1, 0.15) is 5.82 Å². The molecule has 106 valence electrons. The highest BCUT2D eigenvalue weighted by molar-refractivity contribution is 14.1. The van der Waals surface area contributed by atoms with Gasteiger partial charge in [0.05, 0.1) is 12.7 Å². The SMILES string of the molecule is Fc1ccc(Cn2cc(-c3cccc(I)c3)cn2)c(Br)c1. The highest BCUT2D eigenvalue weighted by Crippen LogP contribution is 2.22. The van der Waals surface area contributed by atoms with E-state index < -0.39 is 0 Å². The smallest absolute Gasteiger partial charge is 0.124 e. The van der Waals surface area contributed by atoms with Crippen molar-refractivity contribution < 1.29 is 4.39 Å². The Labute approximate surface area is 144 Å². The lowest BCUT2D eigenvalue weighted by Crippen LogP contribution is -2.00. The average Bonchev–Trinajstić information content (AvgIpc) is 2.91. The van der Waals surface area contributed by atoms with Gasteiger partial charge in [0.25, 0.3) is 0 Å². The van der Waals surface area contributed by atoms with Crippen molar-refractivity contribution in [2.45, 2.75) is 6.54 Å². The summed E-state index contributed by atoms with van der Waals surface area (Å²) in [7, 11) is 0. The molecule has 0 fully saturated rings. The molecule has 1 heterocycles. The summed E-state index contributed by atoms with van der Waals surface area (Å²) in [5, 5.41) is 4.38. The molecule has 0 aliphatic rings. The van der Waals surface area contributed by atoms with Crippen LogP contribution >= 0.6 is 38.5 Å². The highest BCUT2D eigenvalue weighted by atomic mass is 127. The van der Waals surface area contributed by atoms with E-state index in [0.29, 0.717) is 6.54 Å². The Kier molecular flexibility index (Phi) is 4.40. The van der Waals surface area contributed by atoms with Crippen molar-refractivity contribution >= 4 is 38.5 Å². The standard InChI is InChI=1S/C16H11BrFIN2/c17-16-7-14(18)5-4-12(16)9-21-10-13(8-20-21)11-2-1-3-15(19)6-11/h1-8,10H,9H2. The molecule has 3 rings (SSSR count). The third-order valence-electron chi connectivity index (χ3n) is 3.14. The second kappa shape index (κ2) is 6.27. The molecule has 21 heavy (non-hydrogen) atoms. The van der Waals surface area contributed by atoms with Crippen LogP contribution in [0.2, 0.25) is 0 Å². The molecule has 0 aliphatic carbocycles. The zero-order valence-corrected chi connectivity index (χ0v) is 14.7. The molecule has 5 heteroatoms. The fourth-order valence-corrected chi connectivity index (χ4v) is 3.11. The maximum atomic E-state index is 13.1. The van der Waals surface area contributed by atoms with Gasteiger partial charge in [-0.15, -0.1) is 0 Å². The van der Waals surface area contributed by atoms with Gasteiger partial charge in [-0.1, -0.05) is 34.1 Å². The summed E-state index contributed by atoms with van der Waals surface area (Å²) in [6, 6.07) is 13.0.